The van der Waals surface area contributed by atoms with Gasteiger partial charge in [-0.3, -0.25) is 0 Å². The summed E-state index contributed by atoms with van der Waals surface area (Å²) >= 11 is 1.73. The minimum Gasteiger partial charge on any atom is -0.493 e. The molecule has 4 nitrogen and oxygen atoms in total. The van der Waals surface area contributed by atoms with Gasteiger partial charge in [-0.15, -0.1) is 0 Å². The van der Waals surface area contributed by atoms with Crippen LogP contribution < -0.4 is 19.5 Å². The number of hydrogen-bond donors (Lipinski definition) is 1. The average Bonchev–Trinajstić information content (AvgIpc) is 2.91. The van der Waals surface area contributed by atoms with Crippen LogP contribution in [-0.4, -0.2) is 21.3 Å². The maximum absolute atomic E-state index is 5.48. The van der Waals surface area contributed by atoms with E-state index in [0.29, 0.717) is 23.8 Å². The molecular formula is C16H21NO3S. The van der Waals surface area contributed by atoms with Crippen LogP contribution in [0.5, 0.6) is 17.2 Å². The highest BCUT2D eigenvalue weighted by Crippen LogP contribution is 2.39. The quantitative estimate of drug-likeness (QED) is 0.851. The van der Waals surface area contributed by atoms with Crippen LogP contribution in [0.25, 0.3) is 0 Å². The molecule has 0 amide bonds. The van der Waals surface area contributed by atoms with Gasteiger partial charge in [-0.25, -0.2) is 0 Å². The Bertz CT molecular complexity index is 595. The van der Waals surface area contributed by atoms with E-state index in [1.165, 1.54) is 11.1 Å². The summed E-state index contributed by atoms with van der Waals surface area (Å²) in [6, 6.07) is 3.89. The number of methoxy groups -OCH3 is 3. The molecule has 0 spiro atoms. The zero-order valence-corrected chi connectivity index (χ0v) is 13.7. The Kier molecular flexibility index (Phi) is 5.47. The van der Waals surface area contributed by atoms with Gasteiger partial charge in [0.25, 0.3) is 0 Å². The van der Waals surface area contributed by atoms with Crippen LogP contribution in [0.4, 0.5) is 0 Å². The molecule has 0 aliphatic rings. The first-order valence-electron chi connectivity index (χ1n) is 6.71. The third-order valence-corrected chi connectivity index (χ3v) is 4.29. The summed E-state index contributed by atoms with van der Waals surface area (Å²) in [6.45, 7) is 3.68. The number of rotatable bonds is 7. The molecule has 0 fully saturated rings. The number of hydrogen-bond acceptors (Lipinski definition) is 5. The van der Waals surface area contributed by atoms with Gasteiger partial charge in [0.2, 0.25) is 5.75 Å². The van der Waals surface area contributed by atoms with Crippen molar-refractivity contribution in [3.8, 4) is 17.2 Å². The topological polar surface area (TPSA) is 39.7 Å². The molecule has 0 unspecified atom stereocenters. The molecule has 1 N–H and O–H groups in total. The van der Waals surface area contributed by atoms with E-state index in [0.717, 1.165) is 12.1 Å². The zero-order valence-electron chi connectivity index (χ0n) is 12.9. The number of aryl methyl sites for hydroxylation is 1. The monoisotopic (exact) mass is 307 g/mol. The highest BCUT2D eigenvalue weighted by Gasteiger charge is 2.15. The van der Waals surface area contributed by atoms with Crippen molar-refractivity contribution in [2.45, 2.75) is 20.0 Å². The van der Waals surface area contributed by atoms with E-state index < -0.39 is 0 Å². The van der Waals surface area contributed by atoms with Gasteiger partial charge in [-0.1, -0.05) is 6.07 Å². The Morgan fingerprint density at radius 1 is 0.905 bits per heavy atom. The van der Waals surface area contributed by atoms with E-state index in [1.54, 1.807) is 32.7 Å². The fourth-order valence-electron chi connectivity index (χ4n) is 2.20. The summed E-state index contributed by atoms with van der Waals surface area (Å²) in [6.07, 6.45) is 0. The second-order valence-electron chi connectivity index (χ2n) is 4.68. The molecule has 114 valence electrons. The van der Waals surface area contributed by atoms with Crippen molar-refractivity contribution in [3.63, 3.8) is 0 Å². The van der Waals surface area contributed by atoms with Crippen LogP contribution in [0.2, 0.25) is 0 Å². The molecule has 5 heteroatoms. The van der Waals surface area contributed by atoms with Crippen molar-refractivity contribution in [2.24, 2.45) is 0 Å². The number of nitrogens with one attached hydrogen (secondary N) is 1. The number of ether oxygens (including phenoxy) is 3. The van der Waals surface area contributed by atoms with Crippen molar-refractivity contribution in [1.29, 1.82) is 0 Å². The largest absolute Gasteiger partial charge is 0.493 e. The third-order valence-electron chi connectivity index (χ3n) is 3.38. The van der Waals surface area contributed by atoms with E-state index in [9.17, 15) is 0 Å². The lowest BCUT2D eigenvalue weighted by Gasteiger charge is -2.16. The Balaban J connectivity index is 2.11. The maximum Gasteiger partial charge on any atom is 0.203 e. The molecule has 0 aliphatic heterocycles. The van der Waals surface area contributed by atoms with Gasteiger partial charge in [-0.05, 0) is 34.9 Å². The lowest BCUT2D eigenvalue weighted by molar-refractivity contribution is 0.321. The van der Waals surface area contributed by atoms with E-state index in [4.69, 9.17) is 14.2 Å². The Labute approximate surface area is 129 Å². The molecule has 2 aromatic rings. The van der Waals surface area contributed by atoms with E-state index >= 15 is 0 Å². The lowest BCUT2D eigenvalue weighted by atomic mass is 10.1. The van der Waals surface area contributed by atoms with E-state index in [2.05, 4.69) is 23.0 Å². The zero-order chi connectivity index (χ0) is 15.2. The van der Waals surface area contributed by atoms with E-state index in [-0.39, 0.29) is 0 Å². The molecule has 0 saturated heterocycles. The average molecular weight is 307 g/mol. The normalized spacial score (nSPS) is 10.5. The molecule has 0 saturated carbocycles. The van der Waals surface area contributed by atoms with Crippen LogP contribution in [0.15, 0.2) is 22.9 Å². The second-order valence-corrected chi connectivity index (χ2v) is 5.42. The van der Waals surface area contributed by atoms with Crippen molar-refractivity contribution in [2.75, 3.05) is 21.3 Å². The molecule has 0 bridgehead atoms. The predicted molar refractivity (Wildman–Crippen MR) is 85.7 cm³/mol. The fourth-order valence-corrected chi connectivity index (χ4v) is 3.06. The van der Waals surface area contributed by atoms with Gasteiger partial charge in [0, 0.05) is 18.7 Å². The smallest absolute Gasteiger partial charge is 0.203 e. The van der Waals surface area contributed by atoms with Crippen LogP contribution in [-0.2, 0) is 13.1 Å². The van der Waals surface area contributed by atoms with Gasteiger partial charge in [0.05, 0.1) is 21.3 Å². The van der Waals surface area contributed by atoms with Gasteiger partial charge in [-0.2, -0.15) is 11.3 Å². The SMILES string of the molecule is COc1ccc(CNCc2cscc2C)c(OC)c1OC. The highest BCUT2D eigenvalue weighted by atomic mass is 32.1. The summed E-state index contributed by atoms with van der Waals surface area (Å²) in [5, 5.41) is 7.77. The van der Waals surface area contributed by atoms with Crippen LogP contribution in [0.3, 0.4) is 0 Å². The van der Waals surface area contributed by atoms with E-state index in [1.807, 2.05) is 12.1 Å². The van der Waals surface area contributed by atoms with Gasteiger partial charge >= 0.3 is 0 Å². The molecule has 0 aliphatic carbocycles. The number of thiophene rings is 1. The molecule has 0 radical (unpaired) electrons. The minimum atomic E-state index is 0.631. The van der Waals surface area contributed by atoms with Gasteiger partial charge < -0.3 is 19.5 Å². The van der Waals surface area contributed by atoms with Crippen molar-refractivity contribution in [3.05, 3.63) is 39.6 Å². The van der Waals surface area contributed by atoms with Crippen molar-refractivity contribution >= 4 is 11.3 Å². The molecule has 1 aromatic carbocycles. The molecule has 2 rings (SSSR count). The molecule has 21 heavy (non-hydrogen) atoms. The first-order valence-corrected chi connectivity index (χ1v) is 7.65. The third kappa shape index (κ3) is 3.49. The standard InChI is InChI=1S/C16H21NO3S/c1-11-9-21-10-13(11)8-17-7-12-5-6-14(18-2)16(20-4)15(12)19-3/h5-6,9-10,17H,7-8H2,1-4H3. The Hall–Kier alpha value is -1.72. The van der Waals surface area contributed by atoms with Crippen LogP contribution in [0, 0.1) is 6.92 Å². The fraction of sp³-hybridized carbons (Fsp3) is 0.375. The summed E-state index contributed by atoms with van der Waals surface area (Å²) in [5.74, 6) is 2.02. The molecule has 1 aromatic heterocycles. The summed E-state index contributed by atoms with van der Waals surface area (Å²) in [5.41, 5.74) is 3.70. The summed E-state index contributed by atoms with van der Waals surface area (Å²) in [4.78, 5) is 0. The summed E-state index contributed by atoms with van der Waals surface area (Å²) < 4.78 is 16.2. The lowest BCUT2D eigenvalue weighted by Crippen LogP contribution is -2.14. The highest BCUT2D eigenvalue weighted by molar-refractivity contribution is 7.08. The Morgan fingerprint density at radius 3 is 2.19 bits per heavy atom. The van der Waals surface area contributed by atoms with Gasteiger partial charge in [0.1, 0.15) is 0 Å². The minimum absolute atomic E-state index is 0.631. The molecule has 0 atom stereocenters. The molecular weight excluding hydrogens is 286 g/mol. The van der Waals surface area contributed by atoms with Crippen molar-refractivity contribution < 1.29 is 14.2 Å². The van der Waals surface area contributed by atoms with Crippen LogP contribution >= 0.6 is 11.3 Å². The number of benzene rings is 1. The van der Waals surface area contributed by atoms with Crippen molar-refractivity contribution in [1.82, 2.24) is 5.32 Å². The molecule has 1 heterocycles. The Morgan fingerprint density at radius 2 is 1.62 bits per heavy atom. The van der Waals surface area contributed by atoms with Gasteiger partial charge in [0.15, 0.2) is 11.5 Å². The summed E-state index contributed by atoms with van der Waals surface area (Å²) in [7, 11) is 4.88. The first kappa shape index (κ1) is 15.7. The maximum atomic E-state index is 5.48. The van der Waals surface area contributed by atoms with Crippen LogP contribution in [0.1, 0.15) is 16.7 Å². The first-order chi connectivity index (χ1) is 10.2. The predicted octanol–water partition coefficient (Wildman–Crippen LogP) is 3.37. The second kappa shape index (κ2) is 7.33.